The molecule has 1 rings (SSSR count). The Labute approximate surface area is 83.0 Å². The van der Waals surface area contributed by atoms with Crippen molar-refractivity contribution in [3.05, 3.63) is 35.9 Å². The molecule has 0 amide bonds. The summed E-state index contributed by atoms with van der Waals surface area (Å²) in [5.74, 6) is 0. The molecule has 78 valence electrons. The Balaban J connectivity index is 0.000000500. The molecule has 2 atom stereocenters. The number of benzene rings is 1. The summed E-state index contributed by atoms with van der Waals surface area (Å²) in [7, 11) is 0. The molecule has 4 N–H and O–H groups in total. The minimum atomic E-state index is -0.545. The molecule has 0 aliphatic carbocycles. The lowest BCUT2D eigenvalue weighted by Crippen LogP contribution is -2.24. The van der Waals surface area contributed by atoms with Gasteiger partial charge in [0.05, 0.1) is 6.10 Å². The standard InChI is InChI=1S/C9H13NO.CH2O2/c1-7(10)9(11)8-5-3-2-4-6-8;2-1-3/h2-7,9,11H,10H2,1H3;1H,(H,2,3)/t7-,9+;/m0./s1. The maximum Gasteiger partial charge on any atom is 0.290 e. The van der Waals surface area contributed by atoms with E-state index in [1.165, 1.54) is 0 Å². The molecule has 0 spiro atoms. The predicted octanol–water partition coefficient (Wildman–Crippen LogP) is 0.768. The molecule has 1 aromatic rings. The Morgan fingerprint density at radius 2 is 1.79 bits per heavy atom. The number of hydrogen-bond acceptors (Lipinski definition) is 3. The van der Waals surface area contributed by atoms with Crippen LogP contribution in [0.4, 0.5) is 0 Å². The average molecular weight is 197 g/mol. The van der Waals surface area contributed by atoms with E-state index in [9.17, 15) is 5.11 Å². The fourth-order valence-electron chi connectivity index (χ4n) is 0.954. The van der Waals surface area contributed by atoms with E-state index < -0.39 is 6.10 Å². The summed E-state index contributed by atoms with van der Waals surface area (Å²) >= 11 is 0. The number of carboxylic acid groups (broad SMARTS) is 1. The molecular weight excluding hydrogens is 182 g/mol. The number of aliphatic hydroxyl groups is 1. The molecule has 4 heteroatoms. The van der Waals surface area contributed by atoms with Gasteiger partial charge >= 0.3 is 0 Å². The molecule has 4 nitrogen and oxygen atoms in total. The lowest BCUT2D eigenvalue weighted by molar-refractivity contribution is -0.122. The SMILES string of the molecule is C[C@H](N)[C@@H](O)c1ccccc1.O=CO. The fraction of sp³-hybridized carbons (Fsp3) is 0.300. The van der Waals surface area contributed by atoms with E-state index in [1.54, 1.807) is 6.92 Å². The molecule has 0 saturated carbocycles. The van der Waals surface area contributed by atoms with E-state index in [1.807, 2.05) is 30.3 Å². The van der Waals surface area contributed by atoms with Crippen molar-refractivity contribution in [2.45, 2.75) is 19.1 Å². The highest BCUT2D eigenvalue weighted by atomic mass is 16.3. The molecule has 0 aliphatic rings. The highest BCUT2D eigenvalue weighted by Gasteiger charge is 2.10. The van der Waals surface area contributed by atoms with Gasteiger partial charge in [0, 0.05) is 6.04 Å². The molecule has 0 unspecified atom stereocenters. The van der Waals surface area contributed by atoms with Crippen LogP contribution < -0.4 is 5.73 Å². The lowest BCUT2D eigenvalue weighted by atomic mass is 10.0. The van der Waals surface area contributed by atoms with Crippen molar-refractivity contribution in [1.29, 1.82) is 0 Å². The van der Waals surface area contributed by atoms with Crippen LogP contribution in [0.3, 0.4) is 0 Å². The summed E-state index contributed by atoms with van der Waals surface area (Å²) in [4.78, 5) is 8.36. The zero-order valence-electron chi connectivity index (χ0n) is 8.00. The predicted molar refractivity (Wildman–Crippen MR) is 53.7 cm³/mol. The quantitative estimate of drug-likeness (QED) is 0.611. The monoisotopic (exact) mass is 197 g/mol. The highest BCUT2D eigenvalue weighted by Crippen LogP contribution is 2.13. The zero-order valence-corrected chi connectivity index (χ0v) is 8.00. The third-order valence-corrected chi connectivity index (χ3v) is 1.64. The van der Waals surface area contributed by atoms with Crippen molar-refractivity contribution in [3.63, 3.8) is 0 Å². The van der Waals surface area contributed by atoms with Gasteiger partial charge in [0.15, 0.2) is 0 Å². The molecule has 0 bridgehead atoms. The second kappa shape index (κ2) is 7.06. The van der Waals surface area contributed by atoms with Gasteiger partial charge in [-0.1, -0.05) is 30.3 Å². The van der Waals surface area contributed by atoms with Gasteiger partial charge in [-0.2, -0.15) is 0 Å². The first kappa shape index (κ1) is 12.6. The van der Waals surface area contributed by atoms with Gasteiger partial charge < -0.3 is 15.9 Å². The van der Waals surface area contributed by atoms with E-state index in [2.05, 4.69) is 0 Å². The third-order valence-electron chi connectivity index (χ3n) is 1.64. The highest BCUT2D eigenvalue weighted by molar-refractivity contribution is 5.32. The van der Waals surface area contributed by atoms with Crippen LogP contribution in [0.2, 0.25) is 0 Å². The summed E-state index contributed by atoms with van der Waals surface area (Å²) in [5, 5.41) is 16.4. The van der Waals surface area contributed by atoms with Gasteiger partial charge in [-0.15, -0.1) is 0 Å². The van der Waals surface area contributed by atoms with Crippen LogP contribution >= 0.6 is 0 Å². The second-order valence-electron chi connectivity index (χ2n) is 2.82. The Kier molecular flexibility index (Phi) is 6.36. The van der Waals surface area contributed by atoms with E-state index >= 15 is 0 Å². The van der Waals surface area contributed by atoms with E-state index in [0.717, 1.165) is 5.56 Å². The van der Waals surface area contributed by atoms with Gasteiger partial charge in [0.2, 0.25) is 0 Å². The van der Waals surface area contributed by atoms with E-state index in [-0.39, 0.29) is 12.5 Å². The van der Waals surface area contributed by atoms with Crippen molar-refractivity contribution in [3.8, 4) is 0 Å². The molecule has 14 heavy (non-hydrogen) atoms. The summed E-state index contributed by atoms with van der Waals surface area (Å²) in [5.41, 5.74) is 6.40. The lowest BCUT2D eigenvalue weighted by Gasteiger charge is -2.13. The average Bonchev–Trinajstić information content (AvgIpc) is 2.19. The number of carbonyl (C=O) groups is 1. The molecule has 0 radical (unpaired) electrons. The van der Waals surface area contributed by atoms with Crippen molar-refractivity contribution >= 4 is 6.47 Å². The van der Waals surface area contributed by atoms with Gasteiger partial charge in [-0.25, -0.2) is 0 Å². The smallest absolute Gasteiger partial charge is 0.290 e. The van der Waals surface area contributed by atoms with Crippen molar-refractivity contribution < 1.29 is 15.0 Å². The topological polar surface area (TPSA) is 83.5 Å². The van der Waals surface area contributed by atoms with E-state index in [4.69, 9.17) is 15.6 Å². The van der Waals surface area contributed by atoms with Gasteiger partial charge in [-0.05, 0) is 12.5 Å². The number of hydrogen-bond donors (Lipinski definition) is 3. The first-order valence-electron chi connectivity index (χ1n) is 4.20. The summed E-state index contributed by atoms with van der Waals surface area (Å²) < 4.78 is 0. The Morgan fingerprint density at radius 1 is 1.36 bits per heavy atom. The number of rotatable bonds is 2. The Hall–Kier alpha value is -1.39. The van der Waals surface area contributed by atoms with Crippen molar-refractivity contribution in [1.82, 2.24) is 0 Å². The first-order chi connectivity index (χ1) is 6.63. The Bertz CT molecular complexity index is 249. The van der Waals surface area contributed by atoms with Crippen LogP contribution in [0.1, 0.15) is 18.6 Å². The maximum absolute atomic E-state index is 9.47. The maximum atomic E-state index is 9.47. The number of nitrogens with two attached hydrogens (primary N) is 1. The largest absolute Gasteiger partial charge is 0.483 e. The van der Waals surface area contributed by atoms with Crippen LogP contribution in [0, 0.1) is 0 Å². The molecule has 0 saturated heterocycles. The molecule has 1 aromatic carbocycles. The molecule has 0 aliphatic heterocycles. The van der Waals surface area contributed by atoms with Crippen LogP contribution in [0.25, 0.3) is 0 Å². The minimum Gasteiger partial charge on any atom is -0.483 e. The fourth-order valence-corrected chi connectivity index (χ4v) is 0.954. The third kappa shape index (κ3) is 4.59. The van der Waals surface area contributed by atoms with Crippen LogP contribution in [0.15, 0.2) is 30.3 Å². The summed E-state index contributed by atoms with van der Waals surface area (Å²) in [6, 6.07) is 9.22. The van der Waals surface area contributed by atoms with Crippen molar-refractivity contribution in [2.75, 3.05) is 0 Å². The molecule has 0 aromatic heterocycles. The number of aliphatic hydroxyl groups excluding tert-OH is 1. The van der Waals surface area contributed by atoms with Crippen LogP contribution in [-0.4, -0.2) is 22.7 Å². The summed E-state index contributed by atoms with van der Waals surface area (Å²) in [6.45, 7) is 1.54. The zero-order chi connectivity index (χ0) is 11.0. The van der Waals surface area contributed by atoms with E-state index in [0.29, 0.717) is 0 Å². The first-order valence-corrected chi connectivity index (χ1v) is 4.20. The van der Waals surface area contributed by atoms with Crippen LogP contribution in [0.5, 0.6) is 0 Å². The van der Waals surface area contributed by atoms with Crippen molar-refractivity contribution in [2.24, 2.45) is 5.73 Å². The second-order valence-corrected chi connectivity index (χ2v) is 2.82. The molecule has 0 fully saturated rings. The molecular formula is C10H15NO3. The summed E-state index contributed by atoms with van der Waals surface area (Å²) in [6.07, 6.45) is -0.545. The van der Waals surface area contributed by atoms with Gasteiger partial charge in [0.1, 0.15) is 0 Å². The van der Waals surface area contributed by atoms with Crippen LogP contribution in [-0.2, 0) is 4.79 Å². The van der Waals surface area contributed by atoms with Gasteiger partial charge in [0.25, 0.3) is 6.47 Å². The normalized spacial score (nSPS) is 13.4. The Morgan fingerprint density at radius 3 is 2.14 bits per heavy atom. The van der Waals surface area contributed by atoms with Gasteiger partial charge in [-0.3, -0.25) is 4.79 Å². The minimum absolute atomic E-state index is 0.211. The molecule has 0 heterocycles.